The number of primary amides is 1. The number of amides is 1. The molecule has 1 aromatic rings. The first-order valence-corrected chi connectivity index (χ1v) is 6.46. The highest BCUT2D eigenvalue weighted by molar-refractivity contribution is 5.81. The number of carbonyl (C=O) groups excluding carboxylic acids is 1. The molecule has 19 heavy (non-hydrogen) atoms. The minimum absolute atomic E-state index is 0.155. The first kappa shape index (κ1) is 14.0. The van der Waals surface area contributed by atoms with Crippen LogP contribution in [-0.2, 0) is 4.79 Å². The van der Waals surface area contributed by atoms with Crippen LogP contribution in [0, 0.1) is 11.7 Å². The molecule has 0 spiro atoms. The van der Waals surface area contributed by atoms with Gasteiger partial charge in [-0.15, -0.1) is 0 Å². The highest BCUT2D eigenvalue weighted by Gasteiger charge is 2.34. The average molecular weight is 266 g/mol. The Morgan fingerprint density at radius 3 is 2.58 bits per heavy atom. The van der Waals surface area contributed by atoms with Gasteiger partial charge in [0, 0.05) is 6.54 Å². The predicted octanol–water partition coefficient (Wildman–Crippen LogP) is 1.05. The van der Waals surface area contributed by atoms with E-state index in [9.17, 15) is 14.3 Å². The summed E-state index contributed by atoms with van der Waals surface area (Å²) in [5.74, 6) is -0.629. The fourth-order valence-corrected chi connectivity index (χ4v) is 2.64. The van der Waals surface area contributed by atoms with E-state index in [2.05, 4.69) is 0 Å². The second-order valence-electron chi connectivity index (χ2n) is 5.14. The molecule has 0 radical (unpaired) electrons. The van der Waals surface area contributed by atoms with Gasteiger partial charge in [-0.3, -0.25) is 9.69 Å². The van der Waals surface area contributed by atoms with Crippen molar-refractivity contribution >= 4 is 5.91 Å². The van der Waals surface area contributed by atoms with Gasteiger partial charge in [0.2, 0.25) is 5.91 Å². The first-order chi connectivity index (χ1) is 8.99. The van der Waals surface area contributed by atoms with Crippen LogP contribution >= 0.6 is 0 Å². The Kier molecular flexibility index (Phi) is 4.17. The van der Waals surface area contributed by atoms with Crippen molar-refractivity contribution in [3.05, 3.63) is 35.6 Å². The van der Waals surface area contributed by atoms with Crippen LogP contribution in [0.3, 0.4) is 0 Å². The molecule has 1 aliphatic rings. The van der Waals surface area contributed by atoms with Gasteiger partial charge in [0.15, 0.2) is 0 Å². The molecule has 0 aromatic heterocycles. The molecule has 0 saturated carbocycles. The maximum Gasteiger partial charge on any atom is 0.239 e. The number of hydrogen-bond donors (Lipinski definition) is 2. The molecule has 4 nitrogen and oxygen atoms in total. The molecule has 3 atom stereocenters. The highest BCUT2D eigenvalue weighted by atomic mass is 19.1. The lowest BCUT2D eigenvalue weighted by atomic mass is 10.0. The maximum atomic E-state index is 12.9. The molecular formula is C14H19FN2O2. The van der Waals surface area contributed by atoms with Crippen LogP contribution < -0.4 is 5.73 Å². The molecule has 1 aromatic carbocycles. The largest absolute Gasteiger partial charge is 0.393 e. The lowest BCUT2D eigenvalue weighted by Crippen LogP contribution is -2.37. The molecule has 1 fully saturated rings. The van der Waals surface area contributed by atoms with E-state index in [1.54, 1.807) is 19.1 Å². The molecule has 3 unspecified atom stereocenters. The second-order valence-corrected chi connectivity index (χ2v) is 5.14. The molecule has 1 amide bonds. The number of likely N-dealkylation sites (tertiary alicyclic amines) is 1. The van der Waals surface area contributed by atoms with Gasteiger partial charge < -0.3 is 10.8 Å². The number of nitrogens with zero attached hydrogens (tertiary/aromatic N) is 1. The van der Waals surface area contributed by atoms with E-state index in [1.165, 1.54) is 12.1 Å². The molecule has 0 aliphatic carbocycles. The van der Waals surface area contributed by atoms with Crippen LogP contribution in [0.4, 0.5) is 4.39 Å². The Hall–Kier alpha value is -1.46. The molecular weight excluding hydrogens is 247 g/mol. The zero-order chi connectivity index (χ0) is 14.0. The van der Waals surface area contributed by atoms with Crippen molar-refractivity contribution in [2.45, 2.75) is 25.5 Å². The highest BCUT2D eigenvalue weighted by Crippen LogP contribution is 2.29. The summed E-state index contributed by atoms with van der Waals surface area (Å²) in [5.41, 5.74) is 6.17. The van der Waals surface area contributed by atoms with Gasteiger partial charge in [0.25, 0.3) is 0 Å². The zero-order valence-corrected chi connectivity index (χ0v) is 10.9. The Morgan fingerprint density at radius 1 is 1.47 bits per heavy atom. The third-order valence-corrected chi connectivity index (χ3v) is 3.76. The van der Waals surface area contributed by atoms with E-state index >= 15 is 0 Å². The summed E-state index contributed by atoms with van der Waals surface area (Å²) in [6.45, 7) is 3.09. The summed E-state index contributed by atoms with van der Waals surface area (Å²) >= 11 is 0. The van der Waals surface area contributed by atoms with Crippen molar-refractivity contribution in [3.63, 3.8) is 0 Å². The number of aliphatic hydroxyl groups excluding tert-OH is 1. The quantitative estimate of drug-likeness (QED) is 0.856. The smallest absolute Gasteiger partial charge is 0.239 e. The number of aliphatic hydroxyl groups is 1. The van der Waals surface area contributed by atoms with Crippen LogP contribution in [0.25, 0.3) is 0 Å². The van der Waals surface area contributed by atoms with Gasteiger partial charge >= 0.3 is 0 Å². The standard InChI is InChI=1S/C14H19FN2O2/c1-9(18)11-6-7-17(8-11)13(14(16)19)10-2-4-12(15)5-3-10/h2-5,9,11,13,18H,6-8H2,1H3,(H2,16,19). The van der Waals surface area contributed by atoms with E-state index in [4.69, 9.17) is 5.73 Å². The number of halogens is 1. The van der Waals surface area contributed by atoms with E-state index in [1.807, 2.05) is 4.90 Å². The van der Waals surface area contributed by atoms with E-state index in [-0.39, 0.29) is 11.7 Å². The van der Waals surface area contributed by atoms with E-state index in [0.29, 0.717) is 18.7 Å². The molecule has 2 rings (SSSR count). The molecule has 0 bridgehead atoms. The van der Waals surface area contributed by atoms with Crippen LogP contribution in [0.15, 0.2) is 24.3 Å². The molecule has 1 heterocycles. The van der Waals surface area contributed by atoms with Gasteiger partial charge in [-0.2, -0.15) is 0 Å². The minimum Gasteiger partial charge on any atom is -0.393 e. The summed E-state index contributed by atoms with van der Waals surface area (Å²) in [5, 5.41) is 9.60. The zero-order valence-electron chi connectivity index (χ0n) is 10.9. The second kappa shape index (κ2) is 5.67. The Labute approximate surface area is 112 Å². The number of nitrogens with two attached hydrogens (primary N) is 1. The summed E-state index contributed by atoms with van der Waals surface area (Å²) in [6.07, 6.45) is 0.439. The third-order valence-electron chi connectivity index (χ3n) is 3.76. The predicted molar refractivity (Wildman–Crippen MR) is 69.7 cm³/mol. The van der Waals surface area contributed by atoms with Crippen molar-refractivity contribution in [1.82, 2.24) is 4.90 Å². The molecule has 1 aliphatic heterocycles. The van der Waals surface area contributed by atoms with Crippen LogP contribution in [0.5, 0.6) is 0 Å². The number of benzene rings is 1. The Bertz CT molecular complexity index is 447. The first-order valence-electron chi connectivity index (χ1n) is 6.46. The van der Waals surface area contributed by atoms with Gasteiger partial charge in [0.05, 0.1) is 6.10 Å². The van der Waals surface area contributed by atoms with Crippen LogP contribution in [-0.4, -0.2) is 35.1 Å². The Morgan fingerprint density at radius 2 is 2.11 bits per heavy atom. The topological polar surface area (TPSA) is 66.6 Å². The van der Waals surface area contributed by atoms with Crippen molar-refractivity contribution in [2.24, 2.45) is 11.7 Å². The minimum atomic E-state index is -0.552. The fourth-order valence-electron chi connectivity index (χ4n) is 2.64. The Balaban J connectivity index is 2.18. The van der Waals surface area contributed by atoms with Gasteiger partial charge in [-0.05, 0) is 43.5 Å². The van der Waals surface area contributed by atoms with E-state index < -0.39 is 18.1 Å². The van der Waals surface area contributed by atoms with Crippen molar-refractivity contribution < 1.29 is 14.3 Å². The van der Waals surface area contributed by atoms with Gasteiger partial charge in [-0.1, -0.05) is 12.1 Å². The number of carbonyl (C=O) groups is 1. The average Bonchev–Trinajstić information content (AvgIpc) is 2.81. The molecule has 3 N–H and O–H groups in total. The van der Waals surface area contributed by atoms with Gasteiger partial charge in [0.1, 0.15) is 11.9 Å². The van der Waals surface area contributed by atoms with Crippen LogP contribution in [0.1, 0.15) is 24.9 Å². The van der Waals surface area contributed by atoms with E-state index in [0.717, 1.165) is 6.42 Å². The molecule has 104 valence electrons. The van der Waals surface area contributed by atoms with Crippen molar-refractivity contribution in [1.29, 1.82) is 0 Å². The molecule has 5 heteroatoms. The lowest BCUT2D eigenvalue weighted by Gasteiger charge is -2.26. The third kappa shape index (κ3) is 3.11. The number of hydrogen-bond acceptors (Lipinski definition) is 3. The summed E-state index contributed by atoms with van der Waals surface area (Å²) in [4.78, 5) is 13.6. The van der Waals surface area contributed by atoms with Crippen LogP contribution in [0.2, 0.25) is 0 Å². The lowest BCUT2D eigenvalue weighted by molar-refractivity contribution is -0.123. The molecule has 1 saturated heterocycles. The SMILES string of the molecule is CC(O)C1CCN(C(C(N)=O)c2ccc(F)cc2)C1. The summed E-state index contributed by atoms with van der Waals surface area (Å²) < 4.78 is 12.9. The van der Waals surface area contributed by atoms with Crippen molar-refractivity contribution in [2.75, 3.05) is 13.1 Å². The maximum absolute atomic E-state index is 12.9. The summed E-state index contributed by atoms with van der Waals surface area (Å²) in [6, 6.07) is 5.27. The normalized spacial score (nSPS) is 23.2. The van der Waals surface area contributed by atoms with Gasteiger partial charge in [-0.25, -0.2) is 4.39 Å². The monoisotopic (exact) mass is 266 g/mol. The fraction of sp³-hybridized carbons (Fsp3) is 0.500. The van der Waals surface area contributed by atoms with Crippen molar-refractivity contribution in [3.8, 4) is 0 Å². The number of rotatable bonds is 4. The summed E-state index contributed by atoms with van der Waals surface area (Å²) in [7, 11) is 0.